The molecule has 0 bridgehead atoms. The summed E-state index contributed by atoms with van der Waals surface area (Å²) in [5.41, 5.74) is 0.999. The normalized spacial score (nSPS) is 29.5. The number of carbonyl (C=O) groups is 1. The van der Waals surface area contributed by atoms with Crippen molar-refractivity contribution in [3.63, 3.8) is 0 Å². The second kappa shape index (κ2) is 3.72. The number of halogens is 1. The van der Waals surface area contributed by atoms with Gasteiger partial charge in [0.25, 0.3) is 0 Å². The van der Waals surface area contributed by atoms with Gasteiger partial charge >= 0.3 is 5.97 Å². The van der Waals surface area contributed by atoms with Crippen LogP contribution in [0.4, 0.5) is 0 Å². The highest BCUT2D eigenvalue weighted by molar-refractivity contribution is 6.30. The zero-order chi connectivity index (χ0) is 12.0. The van der Waals surface area contributed by atoms with Crippen LogP contribution in [-0.2, 0) is 14.9 Å². The van der Waals surface area contributed by atoms with Gasteiger partial charge in [0, 0.05) is 10.4 Å². The van der Waals surface area contributed by atoms with Crippen LogP contribution in [0.3, 0.4) is 0 Å². The standard InChI is InChI=1S/C13H13ClO3/c14-9-3-1-2-8(4-9)13(6-17-7-13)11-5-10(11)12(15)16/h1-4,10-11H,5-7H2,(H,15,16). The first-order valence-electron chi connectivity index (χ1n) is 5.70. The molecule has 90 valence electrons. The van der Waals surface area contributed by atoms with Crippen LogP contribution in [-0.4, -0.2) is 24.3 Å². The summed E-state index contributed by atoms with van der Waals surface area (Å²) in [6, 6.07) is 7.70. The number of carboxylic acid groups (broad SMARTS) is 1. The van der Waals surface area contributed by atoms with Gasteiger partial charge in [0.15, 0.2) is 0 Å². The van der Waals surface area contributed by atoms with E-state index in [0.717, 1.165) is 12.0 Å². The molecule has 1 aliphatic heterocycles. The van der Waals surface area contributed by atoms with E-state index in [4.69, 9.17) is 21.4 Å². The summed E-state index contributed by atoms with van der Waals surface area (Å²) in [5, 5.41) is 9.74. The van der Waals surface area contributed by atoms with Crippen molar-refractivity contribution < 1.29 is 14.6 Å². The maximum Gasteiger partial charge on any atom is 0.306 e. The van der Waals surface area contributed by atoms with E-state index in [2.05, 4.69) is 0 Å². The van der Waals surface area contributed by atoms with Crippen LogP contribution >= 0.6 is 11.6 Å². The van der Waals surface area contributed by atoms with Gasteiger partial charge in [-0.3, -0.25) is 4.79 Å². The molecule has 1 aliphatic carbocycles. The SMILES string of the molecule is O=C(O)C1CC1C1(c2cccc(Cl)c2)COC1. The Labute approximate surface area is 104 Å². The highest BCUT2D eigenvalue weighted by Crippen LogP contribution is 2.55. The minimum Gasteiger partial charge on any atom is -0.481 e. The van der Waals surface area contributed by atoms with Crippen LogP contribution in [0.5, 0.6) is 0 Å². The highest BCUT2D eigenvalue weighted by atomic mass is 35.5. The maximum absolute atomic E-state index is 11.0. The molecule has 17 heavy (non-hydrogen) atoms. The third-order valence-corrected chi connectivity index (χ3v) is 4.17. The minimum absolute atomic E-state index is 0.117. The average molecular weight is 253 g/mol. The highest BCUT2D eigenvalue weighted by Gasteiger charge is 2.60. The summed E-state index contributed by atoms with van der Waals surface area (Å²) in [4.78, 5) is 11.0. The van der Waals surface area contributed by atoms with Gasteiger partial charge in [0.2, 0.25) is 0 Å². The number of hydrogen-bond acceptors (Lipinski definition) is 2. The van der Waals surface area contributed by atoms with Gasteiger partial charge in [0.1, 0.15) is 0 Å². The molecule has 1 N–H and O–H groups in total. The van der Waals surface area contributed by atoms with Gasteiger partial charge in [-0.1, -0.05) is 23.7 Å². The van der Waals surface area contributed by atoms with Crippen molar-refractivity contribution in [2.75, 3.05) is 13.2 Å². The molecule has 2 fully saturated rings. The molecular formula is C13H13ClO3. The summed E-state index contributed by atoms with van der Waals surface area (Å²) in [7, 11) is 0. The van der Waals surface area contributed by atoms with E-state index in [9.17, 15) is 4.79 Å². The predicted molar refractivity (Wildman–Crippen MR) is 63.2 cm³/mol. The van der Waals surface area contributed by atoms with Crippen molar-refractivity contribution in [2.24, 2.45) is 11.8 Å². The summed E-state index contributed by atoms with van der Waals surface area (Å²) in [6.45, 7) is 1.23. The summed E-state index contributed by atoms with van der Waals surface area (Å²) < 4.78 is 5.33. The van der Waals surface area contributed by atoms with Crippen LogP contribution < -0.4 is 0 Å². The molecule has 2 unspecified atom stereocenters. The zero-order valence-corrected chi connectivity index (χ0v) is 9.98. The number of carboxylic acids is 1. The van der Waals surface area contributed by atoms with Crippen molar-refractivity contribution >= 4 is 17.6 Å². The smallest absolute Gasteiger partial charge is 0.306 e. The lowest BCUT2D eigenvalue weighted by Crippen LogP contribution is -2.49. The zero-order valence-electron chi connectivity index (χ0n) is 9.23. The Bertz CT molecular complexity index is 467. The number of aliphatic carboxylic acids is 1. The fraction of sp³-hybridized carbons (Fsp3) is 0.462. The molecule has 2 aliphatic rings. The molecule has 2 atom stereocenters. The summed E-state index contributed by atoms with van der Waals surface area (Å²) in [5.74, 6) is -0.701. The number of ether oxygens (including phenoxy) is 1. The molecule has 0 amide bonds. The van der Waals surface area contributed by atoms with Crippen molar-refractivity contribution in [1.82, 2.24) is 0 Å². The molecule has 0 radical (unpaired) electrons. The number of rotatable bonds is 3. The first kappa shape index (κ1) is 11.1. The Kier molecular flexibility index (Phi) is 2.42. The molecule has 3 rings (SSSR count). The van der Waals surface area contributed by atoms with Crippen molar-refractivity contribution in [2.45, 2.75) is 11.8 Å². The van der Waals surface area contributed by atoms with E-state index in [-0.39, 0.29) is 17.3 Å². The molecule has 1 saturated carbocycles. The van der Waals surface area contributed by atoms with Crippen LogP contribution in [0.15, 0.2) is 24.3 Å². The Morgan fingerprint density at radius 2 is 2.24 bits per heavy atom. The fourth-order valence-corrected chi connectivity index (χ4v) is 2.98. The van der Waals surface area contributed by atoms with Crippen LogP contribution in [0.2, 0.25) is 5.02 Å². The Hall–Kier alpha value is -1.06. The molecule has 0 spiro atoms. The number of benzene rings is 1. The van der Waals surface area contributed by atoms with Crippen LogP contribution in [0.1, 0.15) is 12.0 Å². The van der Waals surface area contributed by atoms with Gasteiger partial charge < -0.3 is 9.84 Å². The molecule has 4 heteroatoms. The Balaban J connectivity index is 1.91. The Morgan fingerprint density at radius 1 is 1.47 bits per heavy atom. The van der Waals surface area contributed by atoms with E-state index in [0.29, 0.717) is 18.2 Å². The van der Waals surface area contributed by atoms with Crippen molar-refractivity contribution in [3.8, 4) is 0 Å². The summed E-state index contributed by atoms with van der Waals surface area (Å²) >= 11 is 6.00. The predicted octanol–water partition coefficient (Wildman–Crippen LogP) is 2.33. The second-order valence-corrected chi connectivity index (χ2v) is 5.38. The lowest BCUT2D eigenvalue weighted by atomic mass is 9.73. The molecule has 3 nitrogen and oxygen atoms in total. The molecule has 1 aromatic rings. The lowest BCUT2D eigenvalue weighted by Gasteiger charge is -2.42. The largest absolute Gasteiger partial charge is 0.481 e. The average Bonchev–Trinajstić information content (AvgIpc) is 2.96. The molecule has 0 aromatic heterocycles. The maximum atomic E-state index is 11.0. The van der Waals surface area contributed by atoms with Gasteiger partial charge in [-0.2, -0.15) is 0 Å². The molecular weight excluding hydrogens is 240 g/mol. The van der Waals surface area contributed by atoms with Gasteiger partial charge in [0.05, 0.1) is 19.1 Å². The molecule has 1 aromatic carbocycles. The second-order valence-electron chi connectivity index (χ2n) is 4.95. The fourth-order valence-electron chi connectivity index (χ4n) is 2.79. The van der Waals surface area contributed by atoms with Crippen LogP contribution in [0.25, 0.3) is 0 Å². The summed E-state index contributed by atoms with van der Waals surface area (Å²) in [6.07, 6.45) is 0.755. The third kappa shape index (κ3) is 1.65. The van der Waals surface area contributed by atoms with E-state index >= 15 is 0 Å². The number of hydrogen-bond donors (Lipinski definition) is 1. The lowest BCUT2D eigenvalue weighted by molar-refractivity contribution is -0.140. The Morgan fingerprint density at radius 3 is 2.71 bits per heavy atom. The van der Waals surface area contributed by atoms with Gasteiger partial charge in [-0.25, -0.2) is 0 Å². The first-order valence-corrected chi connectivity index (χ1v) is 6.08. The van der Waals surface area contributed by atoms with Crippen molar-refractivity contribution in [3.05, 3.63) is 34.9 Å². The topological polar surface area (TPSA) is 46.5 Å². The first-order chi connectivity index (χ1) is 8.13. The quantitative estimate of drug-likeness (QED) is 0.898. The van der Waals surface area contributed by atoms with Crippen molar-refractivity contribution in [1.29, 1.82) is 0 Å². The van der Waals surface area contributed by atoms with E-state index in [1.165, 1.54) is 0 Å². The molecule has 1 heterocycles. The minimum atomic E-state index is -0.691. The van der Waals surface area contributed by atoms with Gasteiger partial charge in [-0.15, -0.1) is 0 Å². The van der Waals surface area contributed by atoms with E-state index < -0.39 is 5.97 Å². The third-order valence-electron chi connectivity index (χ3n) is 3.94. The molecule has 1 saturated heterocycles. The van der Waals surface area contributed by atoms with E-state index in [1.54, 1.807) is 0 Å². The van der Waals surface area contributed by atoms with Crippen LogP contribution in [0, 0.1) is 11.8 Å². The van der Waals surface area contributed by atoms with E-state index in [1.807, 2.05) is 24.3 Å². The van der Waals surface area contributed by atoms with Gasteiger partial charge in [-0.05, 0) is 30.0 Å². The monoisotopic (exact) mass is 252 g/mol.